The molecule has 19 heavy (non-hydrogen) atoms. The van der Waals surface area contributed by atoms with Crippen LogP contribution < -0.4 is 5.32 Å². The quantitative estimate of drug-likeness (QED) is 0.679. The number of nitrogens with one attached hydrogen (secondary N) is 1. The summed E-state index contributed by atoms with van der Waals surface area (Å²) in [6.45, 7) is 0.677. The van der Waals surface area contributed by atoms with E-state index in [0.29, 0.717) is 17.3 Å². The van der Waals surface area contributed by atoms with Gasteiger partial charge in [-0.25, -0.2) is 4.98 Å². The highest BCUT2D eigenvalue weighted by Gasteiger charge is 2.11. The average molecular weight is 295 g/mol. The summed E-state index contributed by atoms with van der Waals surface area (Å²) in [5, 5.41) is 4.98. The molecule has 0 spiro atoms. The Morgan fingerprint density at radius 1 is 1.37 bits per heavy atom. The van der Waals surface area contributed by atoms with E-state index in [-0.39, 0.29) is 5.91 Å². The molecule has 1 amide bonds. The largest absolute Gasteiger partial charge is 0.352 e. The summed E-state index contributed by atoms with van der Waals surface area (Å²) >= 11 is 7.81. The molecule has 0 atom stereocenters. The van der Waals surface area contributed by atoms with Crippen molar-refractivity contribution < 1.29 is 4.79 Å². The second-order valence-electron chi connectivity index (χ2n) is 4.11. The van der Waals surface area contributed by atoms with E-state index in [9.17, 15) is 4.79 Å². The SMILES string of the molecule is CSCCCNC(=O)c1cnc(Cl)c2ccccc12. The predicted molar refractivity (Wildman–Crippen MR) is 82.1 cm³/mol. The van der Waals surface area contributed by atoms with Gasteiger partial charge in [-0.05, 0) is 23.8 Å². The van der Waals surface area contributed by atoms with Crippen LogP contribution in [0.2, 0.25) is 5.15 Å². The van der Waals surface area contributed by atoms with Gasteiger partial charge in [0.25, 0.3) is 5.91 Å². The van der Waals surface area contributed by atoms with Gasteiger partial charge in [-0.2, -0.15) is 11.8 Å². The van der Waals surface area contributed by atoms with Crippen LogP contribution in [0.5, 0.6) is 0 Å². The number of amides is 1. The molecule has 1 aromatic carbocycles. The molecule has 0 bridgehead atoms. The molecule has 0 aliphatic carbocycles. The lowest BCUT2D eigenvalue weighted by atomic mass is 10.1. The normalized spacial score (nSPS) is 10.6. The van der Waals surface area contributed by atoms with Gasteiger partial charge >= 0.3 is 0 Å². The summed E-state index contributed by atoms with van der Waals surface area (Å²) in [5.74, 6) is 0.946. The van der Waals surface area contributed by atoms with E-state index < -0.39 is 0 Å². The number of thioether (sulfide) groups is 1. The molecule has 1 heterocycles. The van der Waals surface area contributed by atoms with Crippen molar-refractivity contribution in [1.29, 1.82) is 0 Å². The third-order valence-electron chi connectivity index (χ3n) is 2.80. The molecule has 0 saturated carbocycles. The standard InChI is InChI=1S/C14H15ClN2OS/c1-19-8-4-7-16-14(18)12-9-17-13(15)11-6-3-2-5-10(11)12/h2-3,5-6,9H,4,7-8H2,1H3,(H,16,18). The maximum Gasteiger partial charge on any atom is 0.253 e. The molecule has 100 valence electrons. The summed E-state index contributed by atoms with van der Waals surface area (Å²) < 4.78 is 0. The Kier molecular flexibility index (Phi) is 5.05. The van der Waals surface area contributed by atoms with E-state index in [1.165, 1.54) is 6.20 Å². The number of fused-ring (bicyclic) bond motifs is 1. The van der Waals surface area contributed by atoms with Crippen molar-refractivity contribution in [2.45, 2.75) is 6.42 Å². The van der Waals surface area contributed by atoms with Gasteiger partial charge < -0.3 is 5.32 Å². The maximum atomic E-state index is 12.1. The summed E-state index contributed by atoms with van der Waals surface area (Å²) in [7, 11) is 0. The first-order valence-electron chi connectivity index (χ1n) is 6.04. The van der Waals surface area contributed by atoms with Crippen molar-refractivity contribution in [3.8, 4) is 0 Å². The van der Waals surface area contributed by atoms with E-state index >= 15 is 0 Å². The Morgan fingerprint density at radius 3 is 2.84 bits per heavy atom. The average Bonchev–Trinajstić information content (AvgIpc) is 2.44. The number of carbonyl (C=O) groups excluding carboxylic acids is 1. The second-order valence-corrected chi connectivity index (χ2v) is 5.45. The summed E-state index contributed by atoms with van der Waals surface area (Å²) in [6, 6.07) is 7.54. The highest BCUT2D eigenvalue weighted by Crippen LogP contribution is 2.23. The number of hydrogen-bond acceptors (Lipinski definition) is 3. The molecular weight excluding hydrogens is 280 g/mol. The number of pyridine rings is 1. The summed E-state index contributed by atoms with van der Waals surface area (Å²) in [5.41, 5.74) is 0.573. The van der Waals surface area contributed by atoms with Gasteiger partial charge in [-0.15, -0.1) is 0 Å². The van der Waals surface area contributed by atoms with E-state index in [0.717, 1.165) is 22.9 Å². The molecule has 1 N–H and O–H groups in total. The van der Waals surface area contributed by atoms with E-state index in [1.807, 2.05) is 24.3 Å². The van der Waals surface area contributed by atoms with E-state index in [1.54, 1.807) is 11.8 Å². The van der Waals surface area contributed by atoms with E-state index in [4.69, 9.17) is 11.6 Å². The molecule has 0 aliphatic rings. The molecule has 5 heteroatoms. The maximum absolute atomic E-state index is 12.1. The van der Waals surface area contributed by atoms with Crippen molar-refractivity contribution in [2.24, 2.45) is 0 Å². The Morgan fingerprint density at radius 2 is 2.11 bits per heavy atom. The van der Waals surface area contributed by atoms with Gasteiger partial charge in [-0.1, -0.05) is 35.9 Å². The number of halogens is 1. The first-order chi connectivity index (χ1) is 9.24. The van der Waals surface area contributed by atoms with Crippen LogP contribution in [0.15, 0.2) is 30.5 Å². The van der Waals surface area contributed by atoms with Crippen LogP contribution in [-0.4, -0.2) is 29.4 Å². The predicted octanol–water partition coefficient (Wildman–Crippen LogP) is 3.37. The Bertz CT molecular complexity index is 589. The zero-order valence-corrected chi connectivity index (χ0v) is 12.2. The molecule has 3 nitrogen and oxygen atoms in total. The van der Waals surface area contributed by atoms with Crippen molar-refractivity contribution in [3.05, 3.63) is 41.2 Å². The number of aromatic nitrogens is 1. The van der Waals surface area contributed by atoms with Crippen molar-refractivity contribution in [2.75, 3.05) is 18.6 Å². The zero-order chi connectivity index (χ0) is 13.7. The number of nitrogens with zero attached hydrogens (tertiary/aromatic N) is 1. The zero-order valence-electron chi connectivity index (χ0n) is 10.6. The van der Waals surface area contributed by atoms with Crippen LogP contribution in [-0.2, 0) is 0 Å². The first-order valence-corrected chi connectivity index (χ1v) is 7.81. The van der Waals surface area contributed by atoms with Crippen LogP contribution >= 0.6 is 23.4 Å². The molecule has 0 aliphatic heterocycles. The minimum atomic E-state index is -0.0959. The van der Waals surface area contributed by atoms with Crippen molar-refractivity contribution in [1.82, 2.24) is 10.3 Å². The Balaban J connectivity index is 2.20. The molecule has 0 radical (unpaired) electrons. The minimum Gasteiger partial charge on any atom is -0.352 e. The van der Waals surface area contributed by atoms with Crippen LogP contribution in [0, 0.1) is 0 Å². The Labute approximate surface area is 121 Å². The van der Waals surface area contributed by atoms with Crippen molar-refractivity contribution >= 4 is 40.0 Å². The van der Waals surface area contributed by atoms with Crippen LogP contribution in [0.4, 0.5) is 0 Å². The van der Waals surface area contributed by atoms with Crippen LogP contribution in [0.3, 0.4) is 0 Å². The molecule has 0 fully saturated rings. The number of hydrogen-bond donors (Lipinski definition) is 1. The van der Waals surface area contributed by atoms with Gasteiger partial charge in [0.1, 0.15) is 5.15 Å². The van der Waals surface area contributed by atoms with Gasteiger partial charge in [-0.3, -0.25) is 4.79 Å². The molecule has 2 aromatic rings. The summed E-state index contributed by atoms with van der Waals surface area (Å²) in [6.07, 6.45) is 4.55. The lowest BCUT2D eigenvalue weighted by Crippen LogP contribution is -2.25. The topological polar surface area (TPSA) is 42.0 Å². The third kappa shape index (κ3) is 3.39. The van der Waals surface area contributed by atoms with Gasteiger partial charge in [0.05, 0.1) is 5.56 Å². The summed E-state index contributed by atoms with van der Waals surface area (Å²) in [4.78, 5) is 16.2. The van der Waals surface area contributed by atoms with E-state index in [2.05, 4.69) is 16.6 Å². The van der Waals surface area contributed by atoms with Gasteiger partial charge in [0.15, 0.2) is 0 Å². The number of rotatable bonds is 5. The smallest absolute Gasteiger partial charge is 0.253 e. The fraction of sp³-hybridized carbons (Fsp3) is 0.286. The lowest BCUT2D eigenvalue weighted by molar-refractivity contribution is 0.0955. The van der Waals surface area contributed by atoms with Gasteiger partial charge in [0, 0.05) is 18.1 Å². The number of carbonyl (C=O) groups is 1. The fourth-order valence-electron chi connectivity index (χ4n) is 1.85. The third-order valence-corrected chi connectivity index (χ3v) is 3.80. The van der Waals surface area contributed by atoms with Gasteiger partial charge in [0.2, 0.25) is 0 Å². The highest BCUT2D eigenvalue weighted by molar-refractivity contribution is 7.98. The minimum absolute atomic E-state index is 0.0959. The molecule has 1 aromatic heterocycles. The fourth-order valence-corrected chi connectivity index (χ4v) is 2.50. The second kappa shape index (κ2) is 6.78. The Hall–Kier alpha value is -1.26. The monoisotopic (exact) mass is 294 g/mol. The molecule has 0 unspecified atom stereocenters. The lowest BCUT2D eigenvalue weighted by Gasteiger charge is -2.08. The molecular formula is C14H15ClN2OS. The van der Waals surface area contributed by atoms with Crippen LogP contribution in [0.1, 0.15) is 16.8 Å². The van der Waals surface area contributed by atoms with Crippen molar-refractivity contribution in [3.63, 3.8) is 0 Å². The number of benzene rings is 1. The first kappa shape index (κ1) is 14.2. The molecule has 2 rings (SSSR count). The molecule has 0 saturated heterocycles. The highest BCUT2D eigenvalue weighted by atomic mass is 35.5. The van der Waals surface area contributed by atoms with Crippen LogP contribution in [0.25, 0.3) is 10.8 Å².